The van der Waals surface area contributed by atoms with Crippen LogP contribution in [0.2, 0.25) is 0 Å². The van der Waals surface area contributed by atoms with Gasteiger partial charge in [-0.3, -0.25) is 0 Å². The molecular formula is C45H86BrN. The molecule has 0 bridgehead atoms. The molecule has 1 rings (SSSR count). The molecule has 0 N–H and O–H groups in total. The third kappa shape index (κ3) is 27.1. The lowest BCUT2D eigenvalue weighted by molar-refractivity contribution is -0.705. The summed E-state index contributed by atoms with van der Waals surface area (Å²) in [5.74, 6) is 0. The van der Waals surface area contributed by atoms with Crippen molar-refractivity contribution in [3.05, 3.63) is 29.1 Å². The average Bonchev–Trinajstić information content (AvgIpc) is 3.07. The van der Waals surface area contributed by atoms with Crippen LogP contribution in [0.1, 0.15) is 250 Å². The first-order valence-corrected chi connectivity index (χ1v) is 21.8. The lowest BCUT2D eigenvalue weighted by atomic mass is 9.92. The van der Waals surface area contributed by atoms with E-state index in [9.17, 15) is 0 Å². The quantitative estimate of drug-likeness (QED) is 0.0480. The second-order valence-electron chi connectivity index (χ2n) is 15.1. The normalized spacial score (nSPS) is 11.3. The minimum atomic E-state index is 0. The average molecular weight is 721 g/mol. The largest absolute Gasteiger partial charge is 1.00 e. The predicted octanol–water partition coefficient (Wildman–Crippen LogP) is 12.2. The molecule has 0 radical (unpaired) electrons. The molecule has 0 amide bonds. The van der Waals surface area contributed by atoms with Gasteiger partial charge in [-0.2, -0.15) is 0 Å². The Bertz CT molecular complexity index is 696. The van der Waals surface area contributed by atoms with E-state index in [1.807, 2.05) is 0 Å². The van der Waals surface area contributed by atoms with Crippen molar-refractivity contribution in [2.45, 2.75) is 259 Å². The van der Waals surface area contributed by atoms with Gasteiger partial charge in [-0.25, -0.2) is 4.57 Å². The Balaban J connectivity index is 0.0000212. The van der Waals surface area contributed by atoms with Crippen LogP contribution >= 0.6 is 0 Å². The summed E-state index contributed by atoms with van der Waals surface area (Å²) in [6.07, 6.45) is 51.9. The second kappa shape index (κ2) is 36.9. The summed E-state index contributed by atoms with van der Waals surface area (Å²) < 4.78 is 2.75. The van der Waals surface area contributed by atoms with Crippen molar-refractivity contribution in [1.29, 1.82) is 0 Å². The monoisotopic (exact) mass is 720 g/mol. The highest BCUT2D eigenvalue weighted by atomic mass is 79.9. The molecule has 0 aliphatic carbocycles. The zero-order valence-corrected chi connectivity index (χ0v) is 34.5. The van der Waals surface area contributed by atoms with Crippen molar-refractivity contribution >= 4 is 0 Å². The topological polar surface area (TPSA) is 3.88 Å². The van der Waals surface area contributed by atoms with E-state index in [2.05, 4.69) is 44.5 Å². The molecule has 2 heteroatoms. The van der Waals surface area contributed by atoms with E-state index in [0.717, 1.165) is 0 Å². The maximum atomic E-state index is 2.75. The number of unbranched alkanes of at least 4 members (excludes halogenated alkanes) is 28. The van der Waals surface area contributed by atoms with Crippen molar-refractivity contribution in [2.75, 3.05) is 0 Å². The molecule has 0 saturated carbocycles. The molecule has 0 fully saturated rings. The molecule has 278 valence electrons. The van der Waals surface area contributed by atoms with E-state index in [4.69, 9.17) is 0 Å². The number of hydrogen-bond donors (Lipinski definition) is 0. The first-order valence-electron chi connectivity index (χ1n) is 21.8. The molecule has 1 aromatic rings. The van der Waals surface area contributed by atoms with Crippen LogP contribution in [0.25, 0.3) is 0 Å². The Morgan fingerprint density at radius 1 is 0.362 bits per heavy atom. The smallest absolute Gasteiger partial charge is 0.184 e. The zero-order chi connectivity index (χ0) is 33.2. The van der Waals surface area contributed by atoms with Crippen LogP contribution in [-0.4, -0.2) is 0 Å². The lowest BCUT2D eigenvalue weighted by Crippen LogP contribution is -3.00. The Kier molecular flexibility index (Phi) is 36.6. The van der Waals surface area contributed by atoms with E-state index in [-0.39, 0.29) is 17.0 Å². The molecule has 1 heterocycles. The van der Waals surface area contributed by atoms with Crippen LogP contribution < -0.4 is 21.5 Å². The van der Waals surface area contributed by atoms with E-state index >= 15 is 0 Å². The minimum absolute atomic E-state index is 0. The Labute approximate surface area is 308 Å². The van der Waals surface area contributed by atoms with Crippen LogP contribution in [0.5, 0.6) is 0 Å². The van der Waals surface area contributed by atoms with Gasteiger partial charge in [0.05, 0.1) is 0 Å². The minimum Gasteiger partial charge on any atom is -1.00 e. The Morgan fingerprint density at radius 3 is 1.09 bits per heavy atom. The number of halogens is 1. The molecule has 0 aliphatic heterocycles. The van der Waals surface area contributed by atoms with Crippen molar-refractivity contribution in [1.82, 2.24) is 0 Å². The standard InChI is InChI=1S/C45H86N.BrH/c1-5-9-13-17-21-25-29-33-37-43-40-42-46(41-36-32-28-24-20-16-12-8-4)45(39-35-31-27-23-19-15-11-7-3)44(43)38-34-30-26-22-18-14-10-6-2;/h40,42H,5-39,41H2,1-4H3;1H/q+1;/p-1. The Hall–Kier alpha value is -0.370. The number of aromatic nitrogens is 1. The van der Waals surface area contributed by atoms with Gasteiger partial charge in [0.1, 0.15) is 6.54 Å². The molecule has 0 atom stereocenters. The van der Waals surface area contributed by atoms with Crippen molar-refractivity contribution < 1.29 is 21.5 Å². The molecule has 0 aromatic carbocycles. The first-order chi connectivity index (χ1) is 22.8. The van der Waals surface area contributed by atoms with Gasteiger partial charge in [-0.05, 0) is 44.1 Å². The fourth-order valence-corrected chi connectivity index (χ4v) is 7.50. The fraction of sp³-hybridized carbons (Fsp3) is 0.889. The van der Waals surface area contributed by atoms with Gasteiger partial charge < -0.3 is 17.0 Å². The summed E-state index contributed by atoms with van der Waals surface area (Å²) >= 11 is 0. The van der Waals surface area contributed by atoms with Gasteiger partial charge in [0, 0.05) is 24.5 Å². The van der Waals surface area contributed by atoms with E-state index in [1.165, 1.54) is 231 Å². The van der Waals surface area contributed by atoms with E-state index in [1.54, 1.807) is 16.8 Å². The summed E-state index contributed by atoms with van der Waals surface area (Å²) in [5, 5.41) is 0. The summed E-state index contributed by atoms with van der Waals surface area (Å²) in [7, 11) is 0. The number of nitrogens with zero attached hydrogens (tertiary/aromatic N) is 1. The third-order valence-corrected chi connectivity index (χ3v) is 10.6. The van der Waals surface area contributed by atoms with Gasteiger partial charge in [0.25, 0.3) is 0 Å². The number of hydrogen-bond acceptors (Lipinski definition) is 0. The number of pyridine rings is 1. The second-order valence-corrected chi connectivity index (χ2v) is 15.1. The molecule has 0 aliphatic rings. The highest BCUT2D eigenvalue weighted by molar-refractivity contribution is 5.28. The van der Waals surface area contributed by atoms with Crippen LogP contribution in [0, 0.1) is 0 Å². The highest BCUT2D eigenvalue weighted by Crippen LogP contribution is 2.22. The highest BCUT2D eigenvalue weighted by Gasteiger charge is 2.20. The van der Waals surface area contributed by atoms with Crippen LogP contribution in [-0.2, 0) is 25.8 Å². The van der Waals surface area contributed by atoms with Gasteiger partial charge in [-0.1, -0.05) is 201 Å². The van der Waals surface area contributed by atoms with Crippen molar-refractivity contribution in [3.63, 3.8) is 0 Å². The maximum Gasteiger partial charge on any atom is 0.184 e. The van der Waals surface area contributed by atoms with E-state index in [0.29, 0.717) is 0 Å². The first kappa shape index (κ1) is 46.6. The van der Waals surface area contributed by atoms with E-state index < -0.39 is 0 Å². The molecule has 0 unspecified atom stereocenters. The summed E-state index contributed by atoms with van der Waals surface area (Å²) in [6, 6.07) is 2.57. The zero-order valence-electron chi connectivity index (χ0n) is 32.9. The molecule has 47 heavy (non-hydrogen) atoms. The van der Waals surface area contributed by atoms with Crippen molar-refractivity contribution in [2.24, 2.45) is 0 Å². The predicted molar refractivity (Wildman–Crippen MR) is 208 cm³/mol. The van der Waals surface area contributed by atoms with Crippen LogP contribution in [0.15, 0.2) is 12.3 Å². The Morgan fingerprint density at radius 2 is 0.681 bits per heavy atom. The summed E-state index contributed by atoms with van der Waals surface area (Å²) in [6.45, 7) is 10.6. The molecule has 0 saturated heterocycles. The molecule has 0 spiro atoms. The number of rotatable bonds is 36. The van der Waals surface area contributed by atoms with Gasteiger partial charge in [-0.15, -0.1) is 0 Å². The van der Waals surface area contributed by atoms with Crippen LogP contribution in [0.4, 0.5) is 0 Å². The van der Waals surface area contributed by atoms with Crippen molar-refractivity contribution in [3.8, 4) is 0 Å². The summed E-state index contributed by atoms with van der Waals surface area (Å²) in [5.41, 5.74) is 5.25. The molecule has 1 nitrogen and oxygen atoms in total. The van der Waals surface area contributed by atoms with Crippen LogP contribution in [0.3, 0.4) is 0 Å². The maximum absolute atomic E-state index is 2.75. The van der Waals surface area contributed by atoms with Gasteiger partial charge >= 0.3 is 0 Å². The van der Waals surface area contributed by atoms with Gasteiger partial charge in [0.2, 0.25) is 0 Å². The fourth-order valence-electron chi connectivity index (χ4n) is 7.50. The molecular weight excluding hydrogens is 634 g/mol. The third-order valence-electron chi connectivity index (χ3n) is 10.6. The van der Waals surface area contributed by atoms with Gasteiger partial charge in [0.15, 0.2) is 11.9 Å². The molecule has 1 aromatic heterocycles. The summed E-state index contributed by atoms with van der Waals surface area (Å²) in [4.78, 5) is 0. The SMILES string of the molecule is CCCCCCCCCCc1cc[n+](CCCCCCCCCC)c(CCCCCCCCCC)c1CCCCCCCCCC.[Br-]. The lowest BCUT2D eigenvalue weighted by Gasteiger charge is -2.15. The number of aryl methyl sites for hydroxylation is 2.